The van der Waals surface area contributed by atoms with Crippen LogP contribution in [-0.2, 0) is 16.1 Å². The maximum Gasteiger partial charge on any atom is 0.222 e. The van der Waals surface area contributed by atoms with Crippen LogP contribution in [0.15, 0.2) is 69.9 Å². The standard InChI is InChI=1S/C23H24N4O4/c1-29-15-12-27(11-10-21(28)24-16-17-6-4-13-30-17)23-18-7-2-3-8-19(18)25-22(26-23)20-9-5-14-31-20/h2-9,13-14H,10-12,15-16H2,1H3,(H,24,28). The van der Waals surface area contributed by atoms with Crippen molar-refractivity contribution in [2.24, 2.45) is 0 Å². The Balaban J connectivity index is 1.57. The first-order valence-electron chi connectivity index (χ1n) is 10.1. The third kappa shape index (κ3) is 5.10. The van der Waals surface area contributed by atoms with Gasteiger partial charge in [0.15, 0.2) is 11.6 Å². The molecule has 1 aromatic carbocycles. The second kappa shape index (κ2) is 9.90. The fourth-order valence-electron chi connectivity index (χ4n) is 3.27. The van der Waals surface area contributed by atoms with Gasteiger partial charge < -0.3 is 23.8 Å². The molecule has 8 heteroatoms. The maximum absolute atomic E-state index is 12.4. The van der Waals surface area contributed by atoms with Crippen molar-refractivity contribution in [3.05, 3.63) is 66.8 Å². The summed E-state index contributed by atoms with van der Waals surface area (Å²) in [6.45, 7) is 1.93. The molecule has 0 saturated heterocycles. The molecule has 0 aliphatic carbocycles. The Hall–Kier alpha value is -3.65. The normalized spacial score (nSPS) is 11.0. The van der Waals surface area contributed by atoms with E-state index in [-0.39, 0.29) is 5.91 Å². The zero-order valence-electron chi connectivity index (χ0n) is 17.3. The van der Waals surface area contributed by atoms with Crippen LogP contribution in [0.3, 0.4) is 0 Å². The molecule has 31 heavy (non-hydrogen) atoms. The maximum atomic E-state index is 12.4. The minimum absolute atomic E-state index is 0.0663. The molecule has 0 fully saturated rings. The molecular formula is C23H24N4O4. The molecule has 0 unspecified atom stereocenters. The van der Waals surface area contributed by atoms with E-state index in [1.807, 2.05) is 41.3 Å². The molecule has 1 amide bonds. The van der Waals surface area contributed by atoms with E-state index in [0.29, 0.717) is 44.2 Å². The molecule has 0 bridgehead atoms. The highest BCUT2D eigenvalue weighted by molar-refractivity contribution is 5.91. The Morgan fingerprint density at radius 2 is 1.87 bits per heavy atom. The van der Waals surface area contributed by atoms with Gasteiger partial charge in [0.05, 0.1) is 31.2 Å². The number of fused-ring (bicyclic) bond motifs is 1. The van der Waals surface area contributed by atoms with E-state index < -0.39 is 0 Å². The molecule has 0 atom stereocenters. The average molecular weight is 420 g/mol. The molecule has 3 aromatic heterocycles. The van der Waals surface area contributed by atoms with Gasteiger partial charge in [-0.2, -0.15) is 0 Å². The molecule has 0 aliphatic heterocycles. The number of hydrogen-bond donors (Lipinski definition) is 1. The predicted molar refractivity (Wildman–Crippen MR) is 117 cm³/mol. The van der Waals surface area contributed by atoms with Crippen molar-refractivity contribution in [3.63, 3.8) is 0 Å². The summed E-state index contributed by atoms with van der Waals surface area (Å²) >= 11 is 0. The smallest absolute Gasteiger partial charge is 0.222 e. The van der Waals surface area contributed by atoms with Crippen LogP contribution in [0.25, 0.3) is 22.5 Å². The van der Waals surface area contributed by atoms with Crippen molar-refractivity contribution in [2.75, 3.05) is 31.7 Å². The molecular weight excluding hydrogens is 396 g/mol. The van der Waals surface area contributed by atoms with Crippen LogP contribution in [0.5, 0.6) is 0 Å². The number of nitrogens with zero attached hydrogens (tertiary/aromatic N) is 3. The number of aromatic nitrogens is 2. The highest BCUT2D eigenvalue weighted by atomic mass is 16.5. The molecule has 3 heterocycles. The van der Waals surface area contributed by atoms with Crippen LogP contribution in [0.4, 0.5) is 5.82 Å². The Morgan fingerprint density at radius 1 is 1.03 bits per heavy atom. The van der Waals surface area contributed by atoms with Crippen LogP contribution in [0.1, 0.15) is 12.2 Å². The molecule has 4 aromatic rings. The van der Waals surface area contributed by atoms with Crippen LogP contribution in [-0.4, -0.2) is 42.7 Å². The second-order valence-corrected chi connectivity index (χ2v) is 6.95. The summed E-state index contributed by atoms with van der Waals surface area (Å²) in [5, 5.41) is 3.79. The van der Waals surface area contributed by atoms with Gasteiger partial charge in [0.25, 0.3) is 0 Å². The van der Waals surface area contributed by atoms with Gasteiger partial charge in [-0.3, -0.25) is 4.79 Å². The van der Waals surface area contributed by atoms with Crippen molar-refractivity contribution in [2.45, 2.75) is 13.0 Å². The van der Waals surface area contributed by atoms with Gasteiger partial charge in [-0.15, -0.1) is 0 Å². The number of ether oxygens (including phenoxy) is 1. The van der Waals surface area contributed by atoms with Gasteiger partial charge >= 0.3 is 0 Å². The number of nitrogens with one attached hydrogen (secondary N) is 1. The quantitative estimate of drug-likeness (QED) is 0.419. The molecule has 0 radical (unpaired) electrons. The average Bonchev–Trinajstić information content (AvgIpc) is 3.51. The third-order valence-corrected chi connectivity index (χ3v) is 4.84. The largest absolute Gasteiger partial charge is 0.467 e. The lowest BCUT2D eigenvalue weighted by molar-refractivity contribution is -0.121. The van der Waals surface area contributed by atoms with Gasteiger partial charge in [0, 0.05) is 32.0 Å². The number of para-hydroxylation sites is 1. The minimum Gasteiger partial charge on any atom is -0.467 e. The Kier molecular flexibility index (Phi) is 6.59. The lowest BCUT2D eigenvalue weighted by Gasteiger charge is -2.25. The Bertz CT molecular complexity index is 1110. The van der Waals surface area contributed by atoms with Crippen LogP contribution < -0.4 is 10.2 Å². The van der Waals surface area contributed by atoms with Crippen molar-refractivity contribution < 1.29 is 18.4 Å². The lowest BCUT2D eigenvalue weighted by atomic mass is 10.2. The van der Waals surface area contributed by atoms with Gasteiger partial charge in [-0.05, 0) is 36.4 Å². The number of furan rings is 2. The number of methoxy groups -OCH3 is 1. The zero-order valence-corrected chi connectivity index (χ0v) is 17.3. The molecule has 160 valence electrons. The fraction of sp³-hybridized carbons (Fsp3) is 0.261. The van der Waals surface area contributed by atoms with Gasteiger partial charge in [0.1, 0.15) is 11.6 Å². The van der Waals surface area contributed by atoms with Crippen molar-refractivity contribution >= 4 is 22.6 Å². The number of carbonyl (C=O) groups excluding carboxylic acids is 1. The predicted octanol–water partition coefficient (Wildman–Crippen LogP) is 3.64. The van der Waals surface area contributed by atoms with Crippen LogP contribution >= 0.6 is 0 Å². The topological polar surface area (TPSA) is 93.6 Å². The first kappa shape index (κ1) is 20.6. The lowest BCUT2D eigenvalue weighted by Crippen LogP contribution is -2.33. The SMILES string of the molecule is COCCN(CCC(=O)NCc1ccco1)c1nc(-c2ccco2)nc2ccccc12. The molecule has 8 nitrogen and oxygen atoms in total. The summed E-state index contributed by atoms with van der Waals surface area (Å²) in [5.74, 6) is 2.49. The Morgan fingerprint density at radius 3 is 2.65 bits per heavy atom. The summed E-state index contributed by atoms with van der Waals surface area (Å²) in [6, 6.07) is 15.1. The number of benzene rings is 1. The third-order valence-electron chi connectivity index (χ3n) is 4.84. The van der Waals surface area contributed by atoms with Gasteiger partial charge in [-0.1, -0.05) is 12.1 Å². The number of amides is 1. The summed E-state index contributed by atoms with van der Waals surface area (Å²) < 4.78 is 16.1. The number of carbonyl (C=O) groups is 1. The van der Waals surface area contributed by atoms with E-state index in [0.717, 1.165) is 22.5 Å². The number of hydrogen-bond acceptors (Lipinski definition) is 7. The van der Waals surface area contributed by atoms with Crippen LogP contribution in [0, 0.1) is 0 Å². The van der Waals surface area contributed by atoms with E-state index in [2.05, 4.69) is 10.3 Å². The molecule has 0 spiro atoms. The monoisotopic (exact) mass is 420 g/mol. The van der Waals surface area contributed by atoms with Crippen molar-refractivity contribution in [1.82, 2.24) is 15.3 Å². The van der Waals surface area contributed by atoms with Crippen molar-refractivity contribution in [3.8, 4) is 11.6 Å². The number of anilines is 1. The van der Waals surface area contributed by atoms with Gasteiger partial charge in [0.2, 0.25) is 5.91 Å². The summed E-state index contributed by atoms with van der Waals surface area (Å²) in [6.07, 6.45) is 3.49. The van der Waals surface area contributed by atoms with E-state index in [9.17, 15) is 4.79 Å². The highest BCUT2D eigenvalue weighted by Crippen LogP contribution is 2.28. The first-order chi connectivity index (χ1) is 15.2. The molecule has 1 N–H and O–H groups in total. The summed E-state index contributed by atoms with van der Waals surface area (Å²) in [4.78, 5) is 23.9. The fourth-order valence-corrected chi connectivity index (χ4v) is 3.27. The zero-order chi connectivity index (χ0) is 21.5. The summed E-state index contributed by atoms with van der Waals surface area (Å²) in [5.41, 5.74) is 0.809. The Labute approximate surface area is 179 Å². The molecule has 4 rings (SSSR count). The molecule has 0 aliphatic rings. The van der Waals surface area contributed by atoms with E-state index in [1.54, 1.807) is 31.8 Å². The van der Waals surface area contributed by atoms with E-state index in [4.69, 9.17) is 18.6 Å². The number of rotatable bonds is 10. The van der Waals surface area contributed by atoms with Gasteiger partial charge in [-0.25, -0.2) is 9.97 Å². The summed E-state index contributed by atoms with van der Waals surface area (Å²) in [7, 11) is 1.65. The molecule has 0 saturated carbocycles. The van der Waals surface area contributed by atoms with E-state index in [1.165, 1.54) is 0 Å². The first-order valence-corrected chi connectivity index (χ1v) is 10.1. The van der Waals surface area contributed by atoms with E-state index >= 15 is 0 Å². The second-order valence-electron chi connectivity index (χ2n) is 6.95. The highest BCUT2D eigenvalue weighted by Gasteiger charge is 2.17. The minimum atomic E-state index is -0.0663. The van der Waals surface area contributed by atoms with Crippen LogP contribution in [0.2, 0.25) is 0 Å². The van der Waals surface area contributed by atoms with Crippen molar-refractivity contribution in [1.29, 1.82) is 0 Å².